The number of halogens is 2. The second-order valence-corrected chi connectivity index (χ2v) is 3.95. The highest BCUT2D eigenvalue weighted by atomic mass is 35.5. The maximum absolute atomic E-state index is 13.4. The third-order valence-electron chi connectivity index (χ3n) is 2.18. The standard InChI is InChI=1S/C13H9ClFN3O2/c1-2-11(19)17-8-4-3-5-9(6-8)20-12-10(15)7-16-13(14)18-12/h2-7H,1H2,(H,17,19). The summed E-state index contributed by atoms with van der Waals surface area (Å²) in [6, 6.07) is 6.38. The number of benzene rings is 1. The average Bonchev–Trinajstić information content (AvgIpc) is 2.43. The van der Waals surface area contributed by atoms with E-state index in [1.54, 1.807) is 18.2 Å². The summed E-state index contributed by atoms with van der Waals surface area (Å²) in [4.78, 5) is 18.3. The van der Waals surface area contributed by atoms with Gasteiger partial charge in [-0.2, -0.15) is 9.37 Å². The van der Waals surface area contributed by atoms with Gasteiger partial charge in [0.1, 0.15) is 5.75 Å². The van der Waals surface area contributed by atoms with Gasteiger partial charge in [0.05, 0.1) is 6.20 Å². The zero-order valence-electron chi connectivity index (χ0n) is 10.1. The molecule has 1 aromatic carbocycles. The van der Waals surface area contributed by atoms with E-state index in [-0.39, 0.29) is 17.1 Å². The molecule has 1 heterocycles. The predicted octanol–water partition coefficient (Wildman–Crippen LogP) is 3.19. The Bertz CT molecular complexity index is 664. The van der Waals surface area contributed by atoms with Gasteiger partial charge < -0.3 is 10.1 Å². The summed E-state index contributed by atoms with van der Waals surface area (Å²) < 4.78 is 18.7. The maximum Gasteiger partial charge on any atom is 0.260 e. The molecule has 7 heteroatoms. The number of ether oxygens (including phenoxy) is 1. The Morgan fingerprint density at radius 3 is 3.05 bits per heavy atom. The van der Waals surface area contributed by atoms with Gasteiger partial charge in [0.2, 0.25) is 17.0 Å². The molecule has 0 saturated heterocycles. The number of nitrogens with zero attached hydrogens (tertiary/aromatic N) is 2. The van der Waals surface area contributed by atoms with Crippen molar-refractivity contribution in [1.82, 2.24) is 9.97 Å². The Morgan fingerprint density at radius 2 is 2.30 bits per heavy atom. The summed E-state index contributed by atoms with van der Waals surface area (Å²) in [7, 11) is 0. The lowest BCUT2D eigenvalue weighted by molar-refractivity contribution is -0.111. The largest absolute Gasteiger partial charge is 0.436 e. The van der Waals surface area contributed by atoms with Gasteiger partial charge in [-0.1, -0.05) is 12.6 Å². The molecule has 5 nitrogen and oxygen atoms in total. The molecule has 2 rings (SSSR count). The number of aromatic nitrogens is 2. The molecule has 0 fully saturated rings. The second kappa shape index (κ2) is 6.12. The van der Waals surface area contributed by atoms with Gasteiger partial charge >= 0.3 is 0 Å². The van der Waals surface area contributed by atoms with Crippen LogP contribution < -0.4 is 10.1 Å². The van der Waals surface area contributed by atoms with Gasteiger partial charge in [0.15, 0.2) is 0 Å². The number of hydrogen-bond acceptors (Lipinski definition) is 4. The molecular weight excluding hydrogens is 285 g/mol. The number of rotatable bonds is 4. The Kier molecular flexibility index (Phi) is 4.27. The summed E-state index contributed by atoms with van der Waals surface area (Å²) in [5.74, 6) is -1.11. The Labute approximate surface area is 119 Å². The molecule has 0 aliphatic rings. The molecule has 1 amide bonds. The van der Waals surface area contributed by atoms with Crippen LogP contribution >= 0.6 is 11.6 Å². The highest BCUT2D eigenvalue weighted by Crippen LogP contribution is 2.25. The Morgan fingerprint density at radius 1 is 1.50 bits per heavy atom. The summed E-state index contributed by atoms with van der Waals surface area (Å²) >= 11 is 5.56. The number of hydrogen-bond donors (Lipinski definition) is 1. The van der Waals surface area contributed by atoms with Crippen molar-refractivity contribution in [2.45, 2.75) is 0 Å². The van der Waals surface area contributed by atoms with Crippen LogP contribution in [-0.4, -0.2) is 15.9 Å². The van der Waals surface area contributed by atoms with Crippen molar-refractivity contribution < 1.29 is 13.9 Å². The monoisotopic (exact) mass is 293 g/mol. The molecule has 0 radical (unpaired) electrons. The van der Waals surface area contributed by atoms with E-state index in [1.807, 2.05) is 0 Å². The van der Waals surface area contributed by atoms with Crippen LogP contribution in [0.5, 0.6) is 11.6 Å². The lowest BCUT2D eigenvalue weighted by Crippen LogP contribution is -2.07. The van der Waals surface area contributed by atoms with Gasteiger partial charge in [-0.3, -0.25) is 4.79 Å². The molecule has 1 N–H and O–H groups in total. The van der Waals surface area contributed by atoms with Crippen molar-refractivity contribution in [2.24, 2.45) is 0 Å². The molecule has 2 aromatic rings. The topological polar surface area (TPSA) is 64.1 Å². The molecule has 0 saturated carbocycles. The van der Waals surface area contributed by atoms with Crippen LogP contribution in [0.15, 0.2) is 43.1 Å². The van der Waals surface area contributed by atoms with Gasteiger partial charge in [-0.05, 0) is 29.8 Å². The van der Waals surface area contributed by atoms with E-state index in [4.69, 9.17) is 16.3 Å². The fourth-order valence-electron chi connectivity index (χ4n) is 1.35. The van der Waals surface area contributed by atoms with Crippen molar-refractivity contribution in [3.8, 4) is 11.6 Å². The fourth-order valence-corrected chi connectivity index (χ4v) is 1.47. The van der Waals surface area contributed by atoms with Gasteiger partial charge in [0.25, 0.3) is 5.88 Å². The van der Waals surface area contributed by atoms with Crippen molar-refractivity contribution >= 4 is 23.2 Å². The first-order chi connectivity index (χ1) is 9.58. The van der Waals surface area contributed by atoms with E-state index in [1.165, 1.54) is 6.07 Å². The molecule has 0 aliphatic heterocycles. The smallest absolute Gasteiger partial charge is 0.260 e. The number of anilines is 1. The first-order valence-corrected chi connectivity index (χ1v) is 5.85. The van der Waals surface area contributed by atoms with Gasteiger partial charge in [0, 0.05) is 11.8 Å². The van der Waals surface area contributed by atoms with E-state index < -0.39 is 5.82 Å². The van der Waals surface area contributed by atoms with E-state index in [9.17, 15) is 9.18 Å². The molecule has 102 valence electrons. The van der Waals surface area contributed by atoms with E-state index in [0.29, 0.717) is 11.4 Å². The van der Waals surface area contributed by atoms with Crippen LogP contribution in [0.1, 0.15) is 0 Å². The zero-order valence-corrected chi connectivity index (χ0v) is 10.9. The SMILES string of the molecule is C=CC(=O)Nc1cccc(Oc2nc(Cl)ncc2F)c1. The third-order valence-corrected chi connectivity index (χ3v) is 2.37. The van der Waals surface area contributed by atoms with E-state index in [0.717, 1.165) is 12.3 Å². The number of carbonyl (C=O) groups excluding carboxylic acids is 1. The summed E-state index contributed by atoms with van der Waals surface area (Å²) in [6.07, 6.45) is 2.05. The van der Waals surface area contributed by atoms with Crippen molar-refractivity contribution in [3.05, 3.63) is 54.2 Å². The van der Waals surface area contributed by atoms with Crippen LogP contribution in [-0.2, 0) is 4.79 Å². The summed E-state index contributed by atoms with van der Waals surface area (Å²) in [6.45, 7) is 3.34. The van der Waals surface area contributed by atoms with E-state index in [2.05, 4.69) is 21.9 Å². The normalized spacial score (nSPS) is 9.90. The quantitative estimate of drug-likeness (QED) is 0.694. The predicted molar refractivity (Wildman–Crippen MR) is 72.3 cm³/mol. The Balaban J connectivity index is 2.21. The number of amides is 1. The van der Waals surface area contributed by atoms with Gasteiger partial charge in [-0.25, -0.2) is 4.98 Å². The third kappa shape index (κ3) is 3.52. The Hall–Kier alpha value is -2.47. The summed E-state index contributed by atoms with van der Waals surface area (Å²) in [5, 5.41) is 2.43. The van der Waals surface area contributed by atoms with Crippen LogP contribution in [0.3, 0.4) is 0 Å². The lowest BCUT2D eigenvalue weighted by Gasteiger charge is -2.07. The second-order valence-electron chi connectivity index (χ2n) is 3.62. The highest BCUT2D eigenvalue weighted by Gasteiger charge is 2.09. The minimum Gasteiger partial charge on any atom is -0.436 e. The number of carbonyl (C=O) groups is 1. The van der Waals surface area contributed by atoms with Crippen LogP contribution in [0, 0.1) is 5.82 Å². The van der Waals surface area contributed by atoms with Crippen molar-refractivity contribution in [2.75, 3.05) is 5.32 Å². The van der Waals surface area contributed by atoms with Crippen LogP contribution in [0.2, 0.25) is 5.28 Å². The molecular formula is C13H9ClFN3O2. The lowest BCUT2D eigenvalue weighted by atomic mass is 10.3. The first-order valence-electron chi connectivity index (χ1n) is 5.48. The van der Waals surface area contributed by atoms with E-state index >= 15 is 0 Å². The molecule has 1 aromatic heterocycles. The minimum absolute atomic E-state index is 0.127. The van der Waals surface area contributed by atoms with Crippen LogP contribution in [0.25, 0.3) is 0 Å². The first kappa shape index (κ1) is 14.0. The minimum atomic E-state index is -0.741. The number of nitrogens with one attached hydrogen (secondary N) is 1. The summed E-state index contributed by atoms with van der Waals surface area (Å²) in [5.41, 5.74) is 0.480. The maximum atomic E-state index is 13.4. The molecule has 0 aliphatic carbocycles. The molecule has 20 heavy (non-hydrogen) atoms. The molecule has 0 unspecified atom stereocenters. The highest BCUT2D eigenvalue weighted by molar-refractivity contribution is 6.28. The molecule has 0 spiro atoms. The fraction of sp³-hybridized carbons (Fsp3) is 0. The molecule has 0 atom stereocenters. The van der Waals surface area contributed by atoms with Crippen molar-refractivity contribution in [3.63, 3.8) is 0 Å². The van der Waals surface area contributed by atoms with Crippen LogP contribution in [0.4, 0.5) is 10.1 Å². The average molecular weight is 294 g/mol. The van der Waals surface area contributed by atoms with Crippen molar-refractivity contribution in [1.29, 1.82) is 0 Å². The molecule has 0 bridgehead atoms. The van der Waals surface area contributed by atoms with Gasteiger partial charge in [-0.15, -0.1) is 0 Å². The zero-order chi connectivity index (χ0) is 14.5.